The van der Waals surface area contributed by atoms with E-state index in [1.54, 1.807) is 26.4 Å². The Kier molecular flexibility index (Phi) is 18.4. The Morgan fingerprint density at radius 3 is 1.57 bits per heavy atom. The van der Waals surface area contributed by atoms with E-state index in [1.807, 2.05) is 0 Å². The Hall–Kier alpha value is -3.21. The number of ether oxygens (including phenoxy) is 5. The van der Waals surface area contributed by atoms with Gasteiger partial charge in [0.25, 0.3) is 0 Å². The quantitative estimate of drug-likeness (QED) is 0.120. The first-order chi connectivity index (χ1) is 30.5. The van der Waals surface area contributed by atoms with Gasteiger partial charge < -0.3 is 76.0 Å². The monoisotopic (exact) mass is 998 g/mol. The number of fused-ring (bicyclic) bond motifs is 2. The maximum absolute atomic E-state index is 11.3. The summed E-state index contributed by atoms with van der Waals surface area (Å²) < 4.78 is 29.4. The zero-order valence-electron chi connectivity index (χ0n) is 39.6. The third-order valence-electron chi connectivity index (χ3n) is 12.5. The van der Waals surface area contributed by atoms with Crippen LogP contribution in [0.1, 0.15) is 33.6 Å². The van der Waals surface area contributed by atoms with Crippen molar-refractivity contribution in [2.45, 2.75) is 106 Å². The van der Waals surface area contributed by atoms with Crippen molar-refractivity contribution in [1.29, 1.82) is 0 Å². The van der Waals surface area contributed by atoms with Gasteiger partial charge in [-0.3, -0.25) is 0 Å². The molecule has 67 heavy (non-hydrogen) atoms. The minimum absolute atomic E-state index is 0. The molecule has 0 saturated carbocycles. The summed E-state index contributed by atoms with van der Waals surface area (Å²) in [5.74, 6) is 0. The summed E-state index contributed by atoms with van der Waals surface area (Å²) in [7, 11) is 1.54. The molecule has 378 valence electrons. The number of hydrogen-bond acceptors (Lipinski definition) is 12. The van der Waals surface area contributed by atoms with E-state index < -0.39 is 86.8 Å². The normalized spacial score (nSPS) is 34.8. The van der Waals surface area contributed by atoms with Crippen molar-refractivity contribution in [3.8, 4) is 0 Å². The molecule has 4 fully saturated rings. The van der Waals surface area contributed by atoms with E-state index in [0.717, 1.165) is 31.3 Å². The van der Waals surface area contributed by atoms with Crippen molar-refractivity contribution in [2.75, 3.05) is 72.2 Å². The van der Waals surface area contributed by atoms with Gasteiger partial charge >= 0.3 is 18.1 Å². The zero-order valence-corrected chi connectivity index (χ0v) is 42.3. The molecular weight excluding hydrogens is 921 g/mol. The predicted octanol–water partition coefficient (Wildman–Crippen LogP) is 2.94. The van der Waals surface area contributed by atoms with E-state index in [0.29, 0.717) is 46.8 Å². The van der Waals surface area contributed by atoms with Crippen molar-refractivity contribution in [3.63, 3.8) is 0 Å². The Labute approximate surface area is 397 Å². The number of carbonyl (C=O) groups excluding carboxylic acids is 3. The molecule has 0 unspecified atom stereocenters. The molecule has 21 heteroatoms. The van der Waals surface area contributed by atoms with Crippen LogP contribution in [0.4, 0.5) is 14.4 Å². The van der Waals surface area contributed by atoms with E-state index >= 15 is 0 Å². The van der Waals surface area contributed by atoms with Gasteiger partial charge in [0.1, 0.15) is 60.5 Å². The molecule has 10 N–H and O–H groups in total. The van der Waals surface area contributed by atoms with Crippen LogP contribution in [0.25, 0.3) is 0 Å². The molecule has 7 aliphatic heterocycles. The second-order valence-corrected chi connectivity index (χ2v) is 33.1. The summed E-state index contributed by atoms with van der Waals surface area (Å²) in [6.07, 6.45) is 15.7. The first kappa shape index (κ1) is 56.4. The zero-order chi connectivity index (χ0) is 49.3. The largest absolute Gasteiger partial charge is 0.388 e. The molecule has 7 heterocycles. The van der Waals surface area contributed by atoms with Crippen molar-refractivity contribution in [3.05, 3.63) is 72.1 Å². The molecule has 7 aliphatic rings. The van der Waals surface area contributed by atoms with E-state index in [2.05, 4.69) is 111 Å². The van der Waals surface area contributed by atoms with Crippen molar-refractivity contribution in [2.24, 2.45) is 0 Å². The Morgan fingerprint density at radius 1 is 0.672 bits per heavy atom. The number of aliphatic hydroxyl groups is 4. The van der Waals surface area contributed by atoms with Gasteiger partial charge in [0, 0.05) is 59.5 Å². The molecule has 12 atom stereocenters. The van der Waals surface area contributed by atoms with Crippen LogP contribution in [0.2, 0.25) is 0 Å². The first-order valence-corrected chi connectivity index (χ1v) is 30.9. The van der Waals surface area contributed by atoms with Gasteiger partial charge in [0.15, 0.2) is 0 Å². The van der Waals surface area contributed by atoms with Crippen LogP contribution in [0.3, 0.4) is 0 Å². The number of urea groups is 3. The second-order valence-electron chi connectivity index (χ2n) is 20.2. The fourth-order valence-corrected chi connectivity index (χ4v) is 11.5. The molecule has 2 bridgehead atoms. The maximum Gasteiger partial charge on any atom is 0.323 e. The van der Waals surface area contributed by atoms with Gasteiger partial charge in [-0.2, -0.15) is 0 Å². The van der Waals surface area contributed by atoms with E-state index in [4.69, 9.17) is 23.7 Å². The lowest BCUT2D eigenvalue weighted by Crippen LogP contribution is -2.44. The van der Waals surface area contributed by atoms with Gasteiger partial charge in [0.2, 0.25) is 0 Å². The molecule has 0 aromatic carbocycles. The second kappa shape index (κ2) is 21.8. The maximum atomic E-state index is 11.3. The van der Waals surface area contributed by atoms with E-state index in [1.165, 1.54) is 6.20 Å². The third-order valence-corrected chi connectivity index (χ3v) is 16.8. The van der Waals surface area contributed by atoms with Crippen LogP contribution in [-0.2, 0) is 23.7 Å². The fraction of sp³-hybridized carbons (Fsp3) is 0.609. The number of amides is 6. The summed E-state index contributed by atoms with van der Waals surface area (Å²) in [6.45, 7) is 22.9. The van der Waals surface area contributed by atoms with E-state index in [9.17, 15) is 34.8 Å². The highest BCUT2D eigenvalue weighted by atomic mass is 31.2. The molecule has 7 rings (SSSR count). The molecule has 0 aromatic heterocycles. The minimum atomic E-state index is -1.25. The van der Waals surface area contributed by atoms with Crippen LogP contribution in [-0.4, -0.2) is 202 Å². The lowest BCUT2D eigenvalue weighted by molar-refractivity contribution is -0.132. The molecule has 0 aromatic rings. The molecule has 4 saturated heterocycles. The number of hydrogen-bond donors (Lipinski definition) is 10. The highest BCUT2D eigenvalue weighted by Gasteiger charge is 2.62. The molecule has 0 spiro atoms. The Morgan fingerprint density at radius 2 is 1.12 bits per heavy atom. The highest BCUT2D eigenvalue weighted by Crippen LogP contribution is 2.49. The average molecular weight is 999 g/mol. The lowest BCUT2D eigenvalue weighted by atomic mass is 9.92. The number of methoxy groups -OCH3 is 1. The van der Waals surface area contributed by atoms with Crippen LogP contribution in [0.15, 0.2) is 72.1 Å². The SMILES string of the molecule is C.C=C1NC(=O)NC=C1[C@@H]1O[C@@]2(CCP(=C)(C)C)CO[C@@H]1[C@@H]2O.C=C1NC(=O)NC=C1[C@@H]1O[C@H](CCP(=C)(C)C)[C@@H](O)[C@H]1OC.C=C1NC(=O)NC=C1[C@@H]1O[C@](C)(CCP(=C)(C)C)[C@@H](O)[C@H]1O. The standard InChI is InChI=1S/C15H23N2O4P.2C15H25N2O4P.CH4/c1-9-10(7-16-14(19)17-9)11-12-13(18)15(21-11,8-20-12)5-6-22(2,3)4;1-9-10(8-16-14(20)17-9)12-11(18)13(19)15(2,21-12)6-7-22(3,4)5;1-9-10(8-16-15(19)17-9)13-14(20-2)12(18)11(21-13)6-7-22(3,4)5;/h7,11-13,18H,1-2,5-6,8H2,3-4H3,(H2,16,17,19);8,11-13,18-19H,1,3,6-7H2,2,4-5H3,(H2,16,17,20);8,11-14,18H,1,3,6-7H2,2,4-5H3,(H2,16,17,19);1H4/t11-,12-,13-,15-;11-,12-,13-,15+;11-,12-,13+,14-;/m001./s1. The topological polar surface area (TPSA) is 250 Å². The van der Waals surface area contributed by atoms with Gasteiger partial charge in [-0.05, 0) is 84.7 Å². The molecule has 0 aliphatic carbocycles. The molecule has 18 nitrogen and oxygen atoms in total. The molecular formula is C46H77N6O12P3. The van der Waals surface area contributed by atoms with Gasteiger partial charge in [-0.25, -0.2) is 14.4 Å². The summed E-state index contributed by atoms with van der Waals surface area (Å²) in [5.41, 5.74) is 1.75. The third kappa shape index (κ3) is 13.8. The smallest absolute Gasteiger partial charge is 0.323 e. The Bertz CT molecular complexity index is 2070. The number of rotatable bonds is 13. The number of nitrogens with one attached hydrogen (secondary N) is 6. The summed E-state index contributed by atoms with van der Waals surface area (Å²) >= 11 is 0. The highest BCUT2D eigenvalue weighted by molar-refractivity contribution is 7.72. The number of carbonyl (C=O) groups is 3. The van der Waals surface area contributed by atoms with Crippen LogP contribution in [0, 0.1) is 0 Å². The summed E-state index contributed by atoms with van der Waals surface area (Å²) in [5, 5.41) is 57.2. The van der Waals surface area contributed by atoms with Crippen LogP contribution in [0.5, 0.6) is 0 Å². The van der Waals surface area contributed by atoms with Gasteiger partial charge in [0.05, 0.1) is 18.3 Å². The van der Waals surface area contributed by atoms with Gasteiger partial charge in [-0.15, -0.1) is 39.6 Å². The van der Waals surface area contributed by atoms with Crippen LogP contribution < -0.4 is 31.9 Å². The number of aliphatic hydroxyl groups excluding tert-OH is 4. The van der Waals surface area contributed by atoms with Crippen molar-refractivity contribution in [1.82, 2.24) is 31.9 Å². The van der Waals surface area contributed by atoms with Crippen LogP contribution >= 0.6 is 20.7 Å². The predicted molar refractivity (Wildman–Crippen MR) is 274 cm³/mol. The molecule has 0 radical (unpaired) electrons. The summed E-state index contributed by atoms with van der Waals surface area (Å²) in [4.78, 5) is 33.8. The molecule has 6 amide bonds. The van der Waals surface area contributed by atoms with Crippen molar-refractivity contribution >= 4 is 57.6 Å². The average Bonchev–Trinajstić information content (AvgIpc) is 3.87. The Balaban J connectivity index is 0.000000218. The fourth-order valence-electron chi connectivity index (χ4n) is 8.49. The van der Waals surface area contributed by atoms with Crippen molar-refractivity contribution < 1.29 is 58.5 Å². The summed E-state index contributed by atoms with van der Waals surface area (Å²) in [6, 6.07) is -1.04. The first-order valence-electron chi connectivity index (χ1n) is 21.8. The van der Waals surface area contributed by atoms with E-state index in [-0.39, 0.29) is 31.6 Å². The minimum Gasteiger partial charge on any atom is -0.388 e. The lowest BCUT2D eigenvalue weighted by Gasteiger charge is -2.34. The van der Waals surface area contributed by atoms with Gasteiger partial charge in [-0.1, -0.05) is 27.2 Å².